The van der Waals surface area contributed by atoms with Crippen LogP contribution in [0.4, 0.5) is 5.69 Å². The van der Waals surface area contributed by atoms with Crippen molar-refractivity contribution in [3.63, 3.8) is 0 Å². The molecule has 3 nitrogen and oxygen atoms in total. The third kappa shape index (κ3) is 2.44. The van der Waals surface area contributed by atoms with Gasteiger partial charge in [0.2, 0.25) is 0 Å². The van der Waals surface area contributed by atoms with Gasteiger partial charge in [-0.25, -0.2) is 0 Å². The molecule has 0 fully saturated rings. The summed E-state index contributed by atoms with van der Waals surface area (Å²) < 4.78 is 0. The number of nitrogens with one attached hydrogen (secondary N) is 1. The lowest BCUT2D eigenvalue weighted by Crippen LogP contribution is -2.22. The van der Waals surface area contributed by atoms with Crippen LogP contribution >= 0.6 is 12.2 Å². The van der Waals surface area contributed by atoms with Crippen molar-refractivity contribution in [3.8, 4) is 0 Å². The molecule has 3 N–H and O–H groups in total. The molecule has 0 unspecified atom stereocenters. The highest BCUT2D eigenvalue weighted by molar-refractivity contribution is 7.80. The van der Waals surface area contributed by atoms with E-state index < -0.39 is 0 Å². The number of benzene rings is 1. The average molecular weight is 269 g/mol. The predicted molar refractivity (Wildman–Crippen MR) is 81.4 cm³/mol. The van der Waals surface area contributed by atoms with Gasteiger partial charge in [-0.1, -0.05) is 36.5 Å². The Bertz CT molecular complexity index is 599. The first-order valence-electron chi connectivity index (χ1n) is 6.31. The fourth-order valence-corrected chi connectivity index (χ4v) is 2.78. The van der Waals surface area contributed by atoms with Crippen molar-refractivity contribution in [2.45, 2.75) is 18.9 Å². The lowest BCUT2D eigenvalue weighted by atomic mass is 10.1. The molecule has 0 saturated heterocycles. The Morgan fingerprint density at radius 1 is 1.21 bits per heavy atom. The number of fused-ring (bicyclic) bond motifs is 1. The molecule has 1 heterocycles. The molecule has 0 amide bonds. The van der Waals surface area contributed by atoms with E-state index in [4.69, 9.17) is 18.0 Å². The fraction of sp³-hybridized carbons (Fsp3) is 0.200. The maximum Gasteiger partial charge on any atom is 0.106 e. The normalized spacial score (nSPS) is 14.1. The summed E-state index contributed by atoms with van der Waals surface area (Å²) in [7, 11) is 0. The second-order valence-corrected chi connectivity index (χ2v) is 5.24. The van der Waals surface area contributed by atoms with Crippen LogP contribution in [0.3, 0.4) is 0 Å². The molecule has 0 aliphatic heterocycles. The van der Waals surface area contributed by atoms with E-state index in [0.29, 0.717) is 11.0 Å². The molecule has 4 heteroatoms. The number of hydrogen-bond acceptors (Lipinski definition) is 3. The second-order valence-electron chi connectivity index (χ2n) is 4.80. The first-order valence-corrected chi connectivity index (χ1v) is 6.72. The topological polar surface area (TPSA) is 50.9 Å². The van der Waals surface area contributed by atoms with Gasteiger partial charge in [0.1, 0.15) is 4.99 Å². The minimum Gasteiger partial charge on any atom is -0.389 e. The molecular formula is C15H15N3S. The largest absolute Gasteiger partial charge is 0.389 e. The second kappa shape index (κ2) is 4.97. The molecule has 96 valence electrons. The number of anilines is 1. The van der Waals surface area contributed by atoms with Crippen molar-refractivity contribution in [3.05, 3.63) is 59.4 Å². The van der Waals surface area contributed by atoms with Crippen LogP contribution in [0.1, 0.15) is 16.7 Å². The van der Waals surface area contributed by atoms with E-state index in [1.165, 1.54) is 11.1 Å². The van der Waals surface area contributed by atoms with Crippen LogP contribution < -0.4 is 11.1 Å². The fourth-order valence-electron chi connectivity index (χ4n) is 2.61. The highest BCUT2D eigenvalue weighted by Gasteiger charge is 2.21. The Balaban J connectivity index is 1.80. The molecule has 0 atom stereocenters. The van der Waals surface area contributed by atoms with Gasteiger partial charge in [0.25, 0.3) is 0 Å². The number of thiocarbonyl (C=S) groups is 1. The first-order chi connectivity index (χ1) is 9.24. The van der Waals surface area contributed by atoms with Gasteiger partial charge in [-0.2, -0.15) is 0 Å². The van der Waals surface area contributed by atoms with E-state index in [-0.39, 0.29) is 0 Å². The summed E-state index contributed by atoms with van der Waals surface area (Å²) in [5.41, 5.74) is 10.4. The molecule has 1 aliphatic carbocycles. The monoisotopic (exact) mass is 269 g/mol. The quantitative estimate of drug-likeness (QED) is 0.840. The van der Waals surface area contributed by atoms with Crippen LogP contribution in [0.25, 0.3) is 0 Å². The van der Waals surface area contributed by atoms with Gasteiger partial charge in [0, 0.05) is 17.8 Å². The van der Waals surface area contributed by atoms with E-state index in [1.54, 1.807) is 12.4 Å². The molecule has 1 aromatic carbocycles. The maximum absolute atomic E-state index is 5.74. The maximum atomic E-state index is 5.74. The Kier molecular flexibility index (Phi) is 3.17. The third-order valence-corrected chi connectivity index (χ3v) is 3.72. The van der Waals surface area contributed by atoms with Crippen molar-refractivity contribution >= 4 is 22.9 Å². The summed E-state index contributed by atoms with van der Waals surface area (Å²) in [6, 6.07) is 10.8. The van der Waals surface area contributed by atoms with Crippen LogP contribution in [0, 0.1) is 0 Å². The van der Waals surface area contributed by atoms with Gasteiger partial charge in [0.05, 0.1) is 11.9 Å². The van der Waals surface area contributed by atoms with Crippen molar-refractivity contribution in [2.75, 3.05) is 5.32 Å². The summed E-state index contributed by atoms with van der Waals surface area (Å²) >= 11 is 5.07. The van der Waals surface area contributed by atoms with Crippen LogP contribution in [0.2, 0.25) is 0 Å². The molecule has 0 spiro atoms. The predicted octanol–water partition coefficient (Wildman–Crippen LogP) is 2.30. The van der Waals surface area contributed by atoms with Crippen LogP contribution in [0.5, 0.6) is 0 Å². The lowest BCUT2D eigenvalue weighted by molar-refractivity contribution is 0.773. The van der Waals surface area contributed by atoms with Crippen molar-refractivity contribution in [1.29, 1.82) is 0 Å². The van der Waals surface area contributed by atoms with E-state index in [1.807, 2.05) is 6.07 Å². The summed E-state index contributed by atoms with van der Waals surface area (Å²) in [4.78, 5) is 4.54. The van der Waals surface area contributed by atoms with E-state index >= 15 is 0 Å². The third-order valence-electron chi connectivity index (χ3n) is 3.50. The highest BCUT2D eigenvalue weighted by atomic mass is 32.1. The number of hydrogen-bond donors (Lipinski definition) is 2. The molecule has 0 saturated carbocycles. The van der Waals surface area contributed by atoms with Gasteiger partial charge >= 0.3 is 0 Å². The highest BCUT2D eigenvalue weighted by Crippen LogP contribution is 2.25. The smallest absolute Gasteiger partial charge is 0.106 e. The number of pyridine rings is 1. The van der Waals surface area contributed by atoms with Crippen molar-refractivity contribution in [2.24, 2.45) is 5.73 Å². The molecule has 1 aliphatic rings. The minimum atomic E-state index is 0.384. The van der Waals surface area contributed by atoms with E-state index in [9.17, 15) is 0 Å². The summed E-state index contributed by atoms with van der Waals surface area (Å²) in [6.45, 7) is 0. The van der Waals surface area contributed by atoms with Gasteiger partial charge in [-0.05, 0) is 30.0 Å². The number of nitrogens with zero attached hydrogens (tertiary/aromatic N) is 1. The molecule has 1 aromatic heterocycles. The molecule has 0 radical (unpaired) electrons. The van der Waals surface area contributed by atoms with Crippen LogP contribution in [-0.4, -0.2) is 16.0 Å². The van der Waals surface area contributed by atoms with Crippen molar-refractivity contribution < 1.29 is 0 Å². The van der Waals surface area contributed by atoms with Crippen molar-refractivity contribution in [1.82, 2.24) is 4.98 Å². The summed E-state index contributed by atoms with van der Waals surface area (Å²) in [5.74, 6) is 0. The number of aromatic nitrogens is 1. The minimum absolute atomic E-state index is 0.384. The zero-order valence-electron chi connectivity index (χ0n) is 10.5. The number of nitrogens with two attached hydrogens (primary N) is 1. The van der Waals surface area contributed by atoms with Gasteiger partial charge in [-0.15, -0.1) is 0 Å². The zero-order valence-corrected chi connectivity index (χ0v) is 11.3. The summed E-state index contributed by atoms with van der Waals surface area (Å²) in [6.07, 6.45) is 5.56. The Hall–Kier alpha value is -1.94. The Morgan fingerprint density at radius 2 is 1.89 bits per heavy atom. The molecule has 2 aromatic rings. The molecule has 0 bridgehead atoms. The van der Waals surface area contributed by atoms with Gasteiger partial charge < -0.3 is 11.1 Å². The van der Waals surface area contributed by atoms with Gasteiger partial charge in [-0.3, -0.25) is 4.98 Å². The SMILES string of the molecule is NC(=S)c1ccncc1NC1Cc2ccccc2C1. The zero-order chi connectivity index (χ0) is 13.2. The number of rotatable bonds is 3. The lowest BCUT2D eigenvalue weighted by Gasteiger charge is -2.16. The van der Waals surface area contributed by atoms with Gasteiger partial charge in [0.15, 0.2) is 0 Å². The molecule has 3 rings (SSSR count). The van der Waals surface area contributed by atoms with Crippen LogP contribution in [0.15, 0.2) is 42.7 Å². The van der Waals surface area contributed by atoms with Crippen LogP contribution in [-0.2, 0) is 12.8 Å². The first kappa shape index (κ1) is 12.1. The standard InChI is InChI=1S/C15H15N3S/c16-15(19)13-5-6-17-9-14(13)18-12-7-10-3-1-2-4-11(10)8-12/h1-6,9,12,18H,7-8H2,(H2,16,19). The average Bonchev–Trinajstić information content (AvgIpc) is 2.81. The van der Waals surface area contributed by atoms with E-state index in [2.05, 4.69) is 34.6 Å². The Morgan fingerprint density at radius 3 is 2.53 bits per heavy atom. The summed E-state index contributed by atoms with van der Waals surface area (Å²) in [5, 5.41) is 3.51. The molecular weight excluding hydrogens is 254 g/mol. The van der Waals surface area contributed by atoms with E-state index in [0.717, 1.165) is 24.1 Å². The Labute approximate surface area is 117 Å². The molecule has 19 heavy (non-hydrogen) atoms.